The molecule has 1 saturated carbocycles. The molecular weight excluding hydrogens is 280 g/mol. The van der Waals surface area contributed by atoms with Gasteiger partial charge >= 0.3 is 12.0 Å². The number of hydrogen-bond acceptors (Lipinski definition) is 2. The minimum atomic E-state index is -1.13. The molecule has 20 heavy (non-hydrogen) atoms. The molecule has 106 valence electrons. The quantitative estimate of drug-likeness (QED) is 0.819. The highest BCUT2D eigenvalue weighted by molar-refractivity contribution is 6.33. The van der Waals surface area contributed by atoms with Crippen molar-refractivity contribution in [2.45, 2.75) is 18.9 Å². The van der Waals surface area contributed by atoms with E-state index in [2.05, 4.69) is 11.9 Å². The molecule has 0 bridgehead atoms. The highest BCUT2D eigenvalue weighted by Crippen LogP contribution is 2.28. The summed E-state index contributed by atoms with van der Waals surface area (Å²) in [6, 6.07) is 4.37. The molecular formula is C14H15ClN2O3. The molecule has 1 fully saturated rings. The first-order valence-corrected chi connectivity index (χ1v) is 6.62. The Bertz CT molecular complexity index is 555. The Kier molecular flexibility index (Phi) is 4.29. The number of halogens is 1. The molecule has 0 spiro atoms. The number of carbonyl (C=O) groups excluding carboxylic acids is 1. The Morgan fingerprint density at radius 1 is 1.50 bits per heavy atom. The van der Waals surface area contributed by atoms with E-state index in [1.165, 1.54) is 12.1 Å². The summed E-state index contributed by atoms with van der Waals surface area (Å²) in [6.07, 6.45) is 3.65. The molecule has 0 aliphatic heterocycles. The van der Waals surface area contributed by atoms with Crippen LogP contribution in [-0.4, -0.2) is 34.6 Å². The van der Waals surface area contributed by atoms with Gasteiger partial charge in [0, 0.05) is 18.3 Å². The van der Waals surface area contributed by atoms with Gasteiger partial charge in [0.1, 0.15) is 0 Å². The molecule has 1 aliphatic carbocycles. The highest BCUT2D eigenvalue weighted by atomic mass is 35.5. The normalized spacial score (nSPS) is 13.7. The fourth-order valence-corrected chi connectivity index (χ4v) is 2.08. The van der Waals surface area contributed by atoms with E-state index < -0.39 is 5.97 Å². The lowest BCUT2D eigenvalue weighted by Crippen LogP contribution is -2.36. The number of carboxylic acids is 1. The van der Waals surface area contributed by atoms with Gasteiger partial charge in [-0.3, -0.25) is 0 Å². The zero-order chi connectivity index (χ0) is 14.7. The first-order valence-electron chi connectivity index (χ1n) is 6.24. The Morgan fingerprint density at radius 3 is 2.75 bits per heavy atom. The number of nitrogens with one attached hydrogen (secondary N) is 1. The Hall–Kier alpha value is -2.01. The van der Waals surface area contributed by atoms with Gasteiger partial charge in [0.2, 0.25) is 0 Å². The lowest BCUT2D eigenvalue weighted by molar-refractivity contribution is 0.0697. The van der Waals surface area contributed by atoms with Crippen LogP contribution in [0.25, 0.3) is 0 Å². The maximum absolute atomic E-state index is 12.1. The maximum atomic E-state index is 12.1. The second-order valence-electron chi connectivity index (χ2n) is 4.60. The van der Waals surface area contributed by atoms with E-state index >= 15 is 0 Å². The van der Waals surface area contributed by atoms with Gasteiger partial charge in [-0.2, -0.15) is 0 Å². The number of amides is 2. The number of nitrogens with zero attached hydrogens (tertiary/aromatic N) is 1. The monoisotopic (exact) mass is 294 g/mol. The Balaban J connectivity index is 2.12. The van der Waals surface area contributed by atoms with Crippen molar-refractivity contribution in [1.82, 2.24) is 4.90 Å². The van der Waals surface area contributed by atoms with Gasteiger partial charge in [0.15, 0.2) is 0 Å². The van der Waals surface area contributed by atoms with Crippen LogP contribution in [-0.2, 0) is 0 Å². The smallest absolute Gasteiger partial charge is 0.337 e. The molecule has 0 aromatic heterocycles. The fourth-order valence-electron chi connectivity index (χ4n) is 1.89. The van der Waals surface area contributed by atoms with Crippen LogP contribution in [0.15, 0.2) is 30.9 Å². The maximum Gasteiger partial charge on any atom is 0.337 e. The summed E-state index contributed by atoms with van der Waals surface area (Å²) in [5.41, 5.74) is 0.373. The average Bonchev–Trinajstić information content (AvgIpc) is 3.22. The van der Waals surface area contributed by atoms with E-state index in [-0.39, 0.29) is 22.7 Å². The third kappa shape index (κ3) is 3.30. The van der Waals surface area contributed by atoms with Crippen molar-refractivity contribution in [2.24, 2.45) is 0 Å². The average molecular weight is 295 g/mol. The summed E-state index contributed by atoms with van der Waals surface area (Å²) in [4.78, 5) is 24.8. The van der Waals surface area contributed by atoms with E-state index in [9.17, 15) is 9.59 Å². The standard InChI is InChI=1S/C14H15ClN2O3/c1-2-7-17(10-4-5-10)14(20)16-9-3-6-12(15)11(8-9)13(18)19/h2-3,6,8,10H,1,4-5,7H2,(H,16,20)(H,18,19). The summed E-state index contributed by atoms with van der Waals surface area (Å²) >= 11 is 5.78. The molecule has 1 aromatic carbocycles. The minimum Gasteiger partial charge on any atom is -0.478 e. The minimum absolute atomic E-state index is 0.0360. The lowest BCUT2D eigenvalue weighted by Gasteiger charge is -2.21. The van der Waals surface area contributed by atoms with Crippen LogP contribution in [0.1, 0.15) is 23.2 Å². The molecule has 6 heteroatoms. The largest absolute Gasteiger partial charge is 0.478 e. The molecule has 0 saturated heterocycles. The zero-order valence-electron chi connectivity index (χ0n) is 10.8. The van der Waals surface area contributed by atoms with Gasteiger partial charge in [-0.25, -0.2) is 9.59 Å². The number of urea groups is 1. The van der Waals surface area contributed by atoms with Gasteiger partial charge < -0.3 is 15.3 Å². The van der Waals surface area contributed by atoms with Crippen molar-refractivity contribution >= 4 is 29.3 Å². The summed E-state index contributed by atoms with van der Waals surface area (Å²) in [5, 5.41) is 11.8. The zero-order valence-corrected chi connectivity index (χ0v) is 11.6. The van der Waals surface area contributed by atoms with Crippen molar-refractivity contribution in [1.29, 1.82) is 0 Å². The van der Waals surface area contributed by atoms with Gasteiger partial charge in [-0.05, 0) is 31.0 Å². The molecule has 0 unspecified atom stereocenters. The number of rotatable bonds is 5. The van der Waals surface area contributed by atoms with Gasteiger partial charge in [0.05, 0.1) is 10.6 Å². The topological polar surface area (TPSA) is 69.6 Å². The van der Waals surface area contributed by atoms with Crippen LogP contribution in [0.3, 0.4) is 0 Å². The van der Waals surface area contributed by atoms with E-state index in [0.29, 0.717) is 12.2 Å². The first kappa shape index (κ1) is 14.4. The van der Waals surface area contributed by atoms with Crippen molar-refractivity contribution in [3.8, 4) is 0 Å². The van der Waals surface area contributed by atoms with Gasteiger partial charge in [-0.15, -0.1) is 6.58 Å². The Labute approximate surface area is 121 Å². The lowest BCUT2D eigenvalue weighted by atomic mass is 10.2. The third-order valence-corrected chi connectivity index (χ3v) is 3.35. The molecule has 0 heterocycles. The molecule has 0 radical (unpaired) electrons. The first-order chi connectivity index (χ1) is 9.52. The molecule has 1 aromatic rings. The molecule has 0 atom stereocenters. The summed E-state index contributed by atoms with van der Waals surface area (Å²) in [5.74, 6) is -1.13. The van der Waals surface area contributed by atoms with Crippen LogP contribution in [0, 0.1) is 0 Å². The molecule has 2 rings (SSSR count). The molecule has 5 nitrogen and oxygen atoms in total. The molecule has 1 aliphatic rings. The van der Waals surface area contributed by atoms with Crippen LogP contribution in [0.2, 0.25) is 5.02 Å². The van der Waals surface area contributed by atoms with E-state index in [0.717, 1.165) is 12.8 Å². The van der Waals surface area contributed by atoms with Crippen LogP contribution in [0.5, 0.6) is 0 Å². The number of hydrogen-bond donors (Lipinski definition) is 2. The SMILES string of the molecule is C=CCN(C(=O)Nc1ccc(Cl)c(C(=O)O)c1)C1CC1. The van der Waals surface area contributed by atoms with Gasteiger partial charge in [0.25, 0.3) is 0 Å². The predicted molar refractivity (Wildman–Crippen MR) is 77.4 cm³/mol. The molecule has 2 amide bonds. The van der Waals surface area contributed by atoms with Crippen molar-refractivity contribution in [2.75, 3.05) is 11.9 Å². The van der Waals surface area contributed by atoms with Crippen LogP contribution < -0.4 is 5.32 Å². The van der Waals surface area contributed by atoms with Crippen molar-refractivity contribution < 1.29 is 14.7 Å². The van der Waals surface area contributed by atoms with Crippen LogP contribution >= 0.6 is 11.6 Å². The second-order valence-corrected chi connectivity index (χ2v) is 5.01. The van der Waals surface area contributed by atoms with E-state index in [4.69, 9.17) is 16.7 Å². The number of anilines is 1. The Morgan fingerprint density at radius 2 is 2.20 bits per heavy atom. The van der Waals surface area contributed by atoms with Gasteiger partial charge in [-0.1, -0.05) is 17.7 Å². The second kappa shape index (κ2) is 5.96. The number of benzene rings is 1. The van der Waals surface area contributed by atoms with Crippen LogP contribution in [0.4, 0.5) is 10.5 Å². The van der Waals surface area contributed by atoms with E-state index in [1.54, 1.807) is 17.0 Å². The highest BCUT2D eigenvalue weighted by Gasteiger charge is 2.31. The summed E-state index contributed by atoms with van der Waals surface area (Å²) < 4.78 is 0. The summed E-state index contributed by atoms with van der Waals surface area (Å²) in [6.45, 7) is 4.10. The number of carboxylic acid groups (broad SMARTS) is 1. The predicted octanol–water partition coefficient (Wildman–Crippen LogP) is 3.22. The number of aromatic carboxylic acids is 1. The third-order valence-electron chi connectivity index (χ3n) is 3.02. The summed E-state index contributed by atoms with van der Waals surface area (Å²) in [7, 11) is 0. The number of carbonyl (C=O) groups is 2. The van der Waals surface area contributed by atoms with E-state index in [1.807, 2.05) is 0 Å². The van der Waals surface area contributed by atoms with Crippen molar-refractivity contribution in [3.05, 3.63) is 41.4 Å². The molecule has 2 N–H and O–H groups in total. The fraction of sp³-hybridized carbons (Fsp3) is 0.286. The van der Waals surface area contributed by atoms with Crippen molar-refractivity contribution in [3.63, 3.8) is 0 Å².